The van der Waals surface area contributed by atoms with Crippen molar-refractivity contribution >= 4 is 11.8 Å². The molecule has 2 heterocycles. The molecule has 0 radical (unpaired) electrons. The Kier molecular flexibility index (Phi) is 9.31. The molecule has 0 aliphatic carbocycles. The minimum absolute atomic E-state index is 0.170. The van der Waals surface area contributed by atoms with Gasteiger partial charge in [-0.15, -0.1) is 0 Å². The van der Waals surface area contributed by atoms with Crippen LogP contribution in [0, 0.1) is 0 Å². The maximum absolute atomic E-state index is 11.8. The van der Waals surface area contributed by atoms with E-state index < -0.39 is 11.8 Å². The minimum atomic E-state index is -0.569. The highest BCUT2D eigenvalue weighted by Crippen LogP contribution is 2.10. The van der Waals surface area contributed by atoms with Crippen molar-refractivity contribution in [3.8, 4) is 0 Å². The van der Waals surface area contributed by atoms with Crippen molar-refractivity contribution in [2.75, 3.05) is 52.4 Å². The molecule has 2 fully saturated rings. The van der Waals surface area contributed by atoms with Gasteiger partial charge in [-0.2, -0.15) is 0 Å². The first-order valence-electron chi connectivity index (χ1n) is 9.91. The summed E-state index contributed by atoms with van der Waals surface area (Å²) in [6.07, 6.45) is 4.51. The van der Waals surface area contributed by atoms with E-state index in [9.17, 15) is 19.8 Å². The van der Waals surface area contributed by atoms with Gasteiger partial charge in [-0.25, -0.2) is 0 Å². The molecule has 0 aromatic heterocycles. The van der Waals surface area contributed by atoms with E-state index in [1.165, 1.54) is 0 Å². The molecule has 0 aromatic rings. The zero-order valence-corrected chi connectivity index (χ0v) is 15.7. The Hall–Kier alpha value is -1.22. The zero-order valence-electron chi connectivity index (χ0n) is 15.7. The van der Waals surface area contributed by atoms with Gasteiger partial charge >= 0.3 is 11.8 Å². The van der Waals surface area contributed by atoms with Gasteiger partial charge in [-0.3, -0.25) is 9.59 Å². The lowest BCUT2D eigenvalue weighted by molar-refractivity contribution is -0.139. The zero-order chi connectivity index (χ0) is 18.8. The van der Waals surface area contributed by atoms with Crippen LogP contribution in [0.5, 0.6) is 0 Å². The van der Waals surface area contributed by atoms with Crippen LogP contribution in [0.1, 0.15) is 38.5 Å². The summed E-state index contributed by atoms with van der Waals surface area (Å²) < 4.78 is 0. The third-order valence-electron chi connectivity index (χ3n) is 5.19. The van der Waals surface area contributed by atoms with E-state index in [0.717, 1.165) is 77.8 Å². The average molecular weight is 370 g/mol. The van der Waals surface area contributed by atoms with Crippen LogP contribution >= 0.6 is 0 Å². The van der Waals surface area contributed by atoms with E-state index in [1.54, 1.807) is 0 Å². The van der Waals surface area contributed by atoms with Crippen molar-refractivity contribution in [1.82, 2.24) is 20.4 Å². The van der Waals surface area contributed by atoms with E-state index in [2.05, 4.69) is 20.4 Å². The van der Waals surface area contributed by atoms with Gasteiger partial charge in [0.05, 0.1) is 12.2 Å². The molecular formula is C18H34N4O4. The monoisotopic (exact) mass is 370 g/mol. The summed E-state index contributed by atoms with van der Waals surface area (Å²) in [4.78, 5) is 28.1. The molecular weight excluding hydrogens is 336 g/mol. The maximum atomic E-state index is 11.8. The van der Waals surface area contributed by atoms with Gasteiger partial charge in [-0.1, -0.05) is 0 Å². The number of piperidine rings is 2. The predicted octanol–water partition coefficient (Wildman–Crippen LogP) is -1.09. The summed E-state index contributed by atoms with van der Waals surface area (Å²) in [6, 6.07) is 0. The van der Waals surface area contributed by atoms with Gasteiger partial charge in [0.1, 0.15) is 0 Å². The van der Waals surface area contributed by atoms with Crippen LogP contribution in [-0.4, -0.2) is 96.4 Å². The molecule has 2 saturated heterocycles. The molecule has 4 N–H and O–H groups in total. The lowest BCUT2D eigenvalue weighted by Gasteiger charge is -2.29. The topological polar surface area (TPSA) is 105 Å². The molecule has 2 aliphatic heterocycles. The summed E-state index contributed by atoms with van der Waals surface area (Å²) in [6.45, 7) is 6.30. The van der Waals surface area contributed by atoms with Crippen molar-refractivity contribution < 1.29 is 19.8 Å². The van der Waals surface area contributed by atoms with Gasteiger partial charge in [0.15, 0.2) is 0 Å². The van der Waals surface area contributed by atoms with E-state index in [0.29, 0.717) is 13.1 Å². The molecule has 2 aliphatic rings. The fourth-order valence-electron chi connectivity index (χ4n) is 3.46. The number of hydrogen-bond acceptors (Lipinski definition) is 6. The number of hydrogen-bond donors (Lipinski definition) is 4. The summed E-state index contributed by atoms with van der Waals surface area (Å²) >= 11 is 0. The third-order valence-corrected chi connectivity index (χ3v) is 5.19. The Morgan fingerprint density at radius 3 is 1.42 bits per heavy atom. The molecule has 8 heteroatoms. The number of nitrogens with zero attached hydrogens (tertiary/aromatic N) is 2. The van der Waals surface area contributed by atoms with Crippen LogP contribution in [0.25, 0.3) is 0 Å². The fraction of sp³-hybridized carbons (Fsp3) is 0.889. The van der Waals surface area contributed by atoms with E-state index >= 15 is 0 Å². The first kappa shape index (κ1) is 21.1. The Morgan fingerprint density at radius 1 is 0.731 bits per heavy atom. The molecule has 0 atom stereocenters. The van der Waals surface area contributed by atoms with Crippen LogP contribution in [-0.2, 0) is 9.59 Å². The molecule has 2 rings (SSSR count). The Morgan fingerprint density at radius 2 is 1.08 bits per heavy atom. The number of rotatable bonds is 8. The van der Waals surface area contributed by atoms with Gasteiger partial charge < -0.3 is 30.6 Å². The standard InChI is InChI=1S/C18H34N4O4/c23-15-3-11-21(12-4-15)9-1-7-19-17(25)18(26)20-8-2-10-22-13-5-16(24)6-14-22/h15-16,23-24H,1-14H2,(H,19,25)(H,20,26). The highest BCUT2D eigenvalue weighted by Gasteiger charge is 2.18. The van der Waals surface area contributed by atoms with E-state index in [4.69, 9.17) is 0 Å². The Labute approximate surface area is 155 Å². The van der Waals surface area contributed by atoms with Gasteiger partial charge in [0.2, 0.25) is 0 Å². The van der Waals surface area contributed by atoms with Crippen LogP contribution in [0.15, 0.2) is 0 Å². The SMILES string of the molecule is O=C(NCCCN1CCC(O)CC1)C(=O)NCCCN1CCC(O)CC1. The van der Waals surface area contributed by atoms with Crippen molar-refractivity contribution in [3.63, 3.8) is 0 Å². The molecule has 0 unspecified atom stereocenters. The van der Waals surface area contributed by atoms with Crippen molar-refractivity contribution in [3.05, 3.63) is 0 Å². The molecule has 26 heavy (non-hydrogen) atoms. The molecule has 150 valence electrons. The third kappa shape index (κ3) is 7.99. The predicted molar refractivity (Wildman–Crippen MR) is 98.6 cm³/mol. The number of aliphatic hydroxyl groups is 2. The summed E-state index contributed by atoms with van der Waals surface area (Å²) in [5.41, 5.74) is 0. The molecule has 0 saturated carbocycles. The molecule has 2 amide bonds. The van der Waals surface area contributed by atoms with Crippen LogP contribution < -0.4 is 10.6 Å². The minimum Gasteiger partial charge on any atom is -0.393 e. The highest BCUT2D eigenvalue weighted by molar-refractivity contribution is 6.35. The highest BCUT2D eigenvalue weighted by atomic mass is 16.3. The number of carbonyl (C=O) groups is 2. The van der Waals surface area contributed by atoms with Crippen LogP contribution in [0.2, 0.25) is 0 Å². The number of nitrogens with one attached hydrogen (secondary N) is 2. The van der Waals surface area contributed by atoms with Crippen LogP contribution in [0.3, 0.4) is 0 Å². The Bertz CT molecular complexity index is 393. The lowest BCUT2D eigenvalue weighted by atomic mass is 10.1. The van der Waals surface area contributed by atoms with E-state index in [1.807, 2.05) is 0 Å². The van der Waals surface area contributed by atoms with Gasteiger partial charge in [-0.05, 0) is 51.6 Å². The fourth-order valence-corrected chi connectivity index (χ4v) is 3.46. The average Bonchev–Trinajstić information content (AvgIpc) is 2.65. The smallest absolute Gasteiger partial charge is 0.309 e. The first-order chi connectivity index (χ1) is 12.5. The summed E-state index contributed by atoms with van der Waals surface area (Å²) in [7, 11) is 0. The molecule has 0 bridgehead atoms. The lowest BCUT2D eigenvalue weighted by Crippen LogP contribution is -2.42. The molecule has 8 nitrogen and oxygen atoms in total. The van der Waals surface area contributed by atoms with Crippen molar-refractivity contribution in [2.24, 2.45) is 0 Å². The van der Waals surface area contributed by atoms with Gasteiger partial charge in [0.25, 0.3) is 0 Å². The second kappa shape index (κ2) is 11.5. The summed E-state index contributed by atoms with van der Waals surface area (Å²) in [5, 5.41) is 24.3. The maximum Gasteiger partial charge on any atom is 0.309 e. The van der Waals surface area contributed by atoms with E-state index in [-0.39, 0.29) is 12.2 Å². The van der Waals surface area contributed by atoms with Crippen LogP contribution in [0.4, 0.5) is 0 Å². The molecule has 0 aromatic carbocycles. The number of aliphatic hydroxyl groups excluding tert-OH is 2. The quantitative estimate of drug-likeness (QED) is 0.320. The number of likely N-dealkylation sites (tertiary alicyclic amines) is 2. The Balaban J connectivity index is 1.45. The second-order valence-corrected chi connectivity index (χ2v) is 7.36. The largest absolute Gasteiger partial charge is 0.393 e. The number of amides is 2. The first-order valence-corrected chi connectivity index (χ1v) is 9.91. The molecule has 0 spiro atoms. The second-order valence-electron chi connectivity index (χ2n) is 7.36. The van der Waals surface area contributed by atoms with Crippen molar-refractivity contribution in [2.45, 2.75) is 50.7 Å². The number of carbonyl (C=O) groups excluding carboxylic acids is 2. The van der Waals surface area contributed by atoms with Crippen molar-refractivity contribution in [1.29, 1.82) is 0 Å². The normalized spacial score (nSPS) is 20.8. The van der Waals surface area contributed by atoms with Gasteiger partial charge in [0, 0.05) is 39.3 Å². The summed E-state index contributed by atoms with van der Waals surface area (Å²) in [5.74, 6) is -1.14.